The van der Waals surface area contributed by atoms with E-state index in [1.165, 1.54) is 19.1 Å². The van der Waals surface area contributed by atoms with Gasteiger partial charge < -0.3 is 5.32 Å². The minimum atomic E-state index is -4.02. The zero-order valence-corrected chi connectivity index (χ0v) is 14.7. The molecule has 2 amide bonds. The Kier molecular flexibility index (Phi) is 4.34. The number of hydrogen-bond acceptors (Lipinski definition) is 4. The Balaban J connectivity index is 1.84. The average Bonchev–Trinajstić information content (AvgIpc) is 2.81. The van der Waals surface area contributed by atoms with E-state index < -0.39 is 27.9 Å². The second-order valence-electron chi connectivity index (χ2n) is 5.82. The minimum absolute atomic E-state index is 0.0630. The number of rotatable bonds is 4. The zero-order chi connectivity index (χ0) is 18.2. The van der Waals surface area contributed by atoms with E-state index in [-0.39, 0.29) is 10.5 Å². The fourth-order valence-electron chi connectivity index (χ4n) is 2.76. The number of nitrogens with zero attached hydrogens (tertiary/aromatic N) is 1. The van der Waals surface area contributed by atoms with E-state index in [0.717, 1.165) is 12.0 Å². The molecule has 25 heavy (non-hydrogen) atoms. The molecule has 1 N–H and O–H groups in total. The summed E-state index contributed by atoms with van der Waals surface area (Å²) >= 11 is 0. The SMILES string of the molecule is CCc1ccc(NC(=O)C(C)N2C(=O)c3ccccc3S2(=O)=O)cc1. The predicted octanol–water partition coefficient (Wildman–Crippen LogP) is 2.42. The van der Waals surface area contributed by atoms with Crippen LogP contribution in [0.15, 0.2) is 53.4 Å². The van der Waals surface area contributed by atoms with Crippen LogP contribution in [0.2, 0.25) is 0 Å². The van der Waals surface area contributed by atoms with Crippen molar-refractivity contribution >= 4 is 27.5 Å². The van der Waals surface area contributed by atoms with E-state index in [1.54, 1.807) is 24.3 Å². The first-order chi connectivity index (χ1) is 11.9. The maximum absolute atomic E-state index is 12.6. The number of sulfonamides is 1. The molecule has 2 aromatic rings. The van der Waals surface area contributed by atoms with Gasteiger partial charge in [-0.1, -0.05) is 31.2 Å². The van der Waals surface area contributed by atoms with E-state index in [4.69, 9.17) is 0 Å². The summed E-state index contributed by atoms with van der Waals surface area (Å²) in [7, 11) is -4.02. The molecule has 1 atom stereocenters. The van der Waals surface area contributed by atoms with Gasteiger partial charge in [0, 0.05) is 5.69 Å². The topological polar surface area (TPSA) is 83.6 Å². The zero-order valence-electron chi connectivity index (χ0n) is 13.9. The van der Waals surface area contributed by atoms with E-state index in [0.29, 0.717) is 9.99 Å². The van der Waals surface area contributed by atoms with Crippen molar-refractivity contribution in [3.8, 4) is 0 Å². The number of carbonyl (C=O) groups excluding carboxylic acids is 2. The molecule has 1 heterocycles. The van der Waals surface area contributed by atoms with E-state index in [1.807, 2.05) is 19.1 Å². The molecule has 0 bridgehead atoms. The quantitative estimate of drug-likeness (QED) is 0.910. The summed E-state index contributed by atoms with van der Waals surface area (Å²) in [4.78, 5) is 24.9. The lowest BCUT2D eigenvalue weighted by Crippen LogP contribution is -2.45. The summed E-state index contributed by atoms with van der Waals surface area (Å²) in [6.07, 6.45) is 0.878. The first-order valence-electron chi connectivity index (χ1n) is 7.94. The van der Waals surface area contributed by atoms with Crippen molar-refractivity contribution < 1.29 is 18.0 Å². The van der Waals surface area contributed by atoms with Gasteiger partial charge in [0.25, 0.3) is 15.9 Å². The van der Waals surface area contributed by atoms with Crippen molar-refractivity contribution in [1.29, 1.82) is 0 Å². The lowest BCUT2D eigenvalue weighted by atomic mass is 10.1. The minimum Gasteiger partial charge on any atom is -0.324 e. The van der Waals surface area contributed by atoms with Crippen LogP contribution in [0.4, 0.5) is 5.69 Å². The molecule has 1 unspecified atom stereocenters. The van der Waals surface area contributed by atoms with Gasteiger partial charge in [-0.05, 0) is 43.2 Å². The Hall–Kier alpha value is -2.67. The van der Waals surface area contributed by atoms with Crippen molar-refractivity contribution in [3.05, 3.63) is 59.7 Å². The van der Waals surface area contributed by atoms with Crippen LogP contribution in [-0.2, 0) is 21.2 Å². The van der Waals surface area contributed by atoms with Gasteiger partial charge in [-0.2, -0.15) is 0 Å². The largest absolute Gasteiger partial charge is 0.324 e. The third kappa shape index (κ3) is 2.91. The smallest absolute Gasteiger partial charge is 0.269 e. The second kappa shape index (κ2) is 6.33. The van der Waals surface area contributed by atoms with Crippen LogP contribution in [0.3, 0.4) is 0 Å². The van der Waals surface area contributed by atoms with E-state index >= 15 is 0 Å². The molecule has 7 heteroatoms. The van der Waals surface area contributed by atoms with E-state index in [9.17, 15) is 18.0 Å². The summed E-state index contributed by atoms with van der Waals surface area (Å²) < 4.78 is 25.8. The normalized spacial score (nSPS) is 16.4. The number of nitrogens with one attached hydrogen (secondary N) is 1. The molecule has 0 radical (unpaired) electrons. The van der Waals surface area contributed by atoms with Crippen molar-refractivity contribution in [2.45, 2.75) is 31.2 Å². The van der Waals surface area contributed by atoms with E-state index in [2.05, 4.69) is 5.32 Å². The summed E-state index contributed by atoms with van der Waals surface area (Å²) in [5, 5.41) is 2.66. The molecule has 0 aliphatic carbocycles. The number of fused-ring (bicyclic) bond motifs is 1. The molecule has 3 rings (SSSR count). The van der Waals surface area contributed by atoms with Gasteiger partial charge in [-0.15, -0.1) is 0 Å². The molecule has 6 nitrogen and oxygen atoms in total. The maximum Gasteiger partial charge on any atom is 0.269 e. The van der Waals surface area contributed by atoms with Crippen molar-refractivity contribution in [2.24, 2.45) is 0 Å². The Morgan fingerprint density at radius 2 is 1.76 bits per heavy atom. The van der Waals surface area contributed by atoms with Crippen LogP contribution >= 0.6 is 0 Å². The van der Waals surface area contributed by atoms with Gasteiger partial charge in [0.1, 0.15) is 10.9 Å². The molecular formula is C18H18N2O4S. The number of hydrogen-bond donors (Lipinski definition) is 1. The first kappa shape index (κ1) is 17.2. The molecular weight excluding hydrogens is 340 g/mol. The van der Waals surface area contributed by atoms with Gasteiger partial charge in [0.2, 0.25) is 5.91 Å². The molecule has 2 aromatic carbocycles. The third-order valence-corrected chi connectivity index (χ3v) is 6.13. The fraction of sp³-hybridized carbons (Fsp3) is 0.222. The Morgan fingerprint density at radius 1 is 1.12 bits per heavy atom. The van der Waals surface area contributed by atoms with Gasteiger partial charge in [-0.3, -0.25) is 9.59 Å². The lowest BCUT2D eigenvalue weighted by molar-refractivity contribution is -0.118. The fourth-order valence-corrected chi connectivity index (χ4v) is 4.49. The highest BCUT2D eigenvalue weighted by Gasteiger charge is 2.45. The van der Waals surface area contributed by atoms with Gasteiger partial charge in [0.15, 0.2) is 0 Å². The van der Waals surface area contributed by atoms with Crippen molar-refractivity contribution in [1.82, 2.24) is 4.31 Å². The van der Waals surface area contributed by atoms with Gasteiger partial charge >= 0.3 is 0 Å². The number of carbonyl (C=O) groups is 2. The Morgan fingerprint density at radius 3 is 2.36 bits per heavy atom. The van der Waals surface area contributed by atoms with Crippen LogP contribution in [0.25, 0.3) is 0 Å². The number of benzene rings is 2. The molecule has 1 aliphatic rings. The van der Waals surface area contributed by atoms with Crippen LogP contribution < -0.4 is 5.32 Å². The monoisotopic (exact) mass is 358 g/mol. The Bertz CT molecular complexity index is 936. The average molecular weight is 358 g/mol. The molecule has 0 spiro atoms. The van der Waals surface area contributed by atoms with Gasteiger partial charge in [0.05, 0.1) is 5.56 Å². The number of amides is 2. The van der Waals surface area contributed by atoms with Crippen LogP contribution in [0, 0.1) is 0 Å². The number of anilines is 1. The Labute approximate surface area is 146 Å². The van der Waals surface area contributed by atoms with Crippen LogP contribution in [0.1, 0.15) is 29.8 Å². The summed E-state index contributed by atoms with van der Waals surface area (Å²) in [6.45, 7) is 3.42. The highest BCUT2D eigenvalue weighted by atomic mass is 32.2. The maximum atomic E-state index is 12.6. The van der Waals surface area contributed by atoms with Crippen molar-refractivity contribution in [3.63, 3.8) is 0 Å². The predicted molar refractivity (Wildman–Crippen MR) is 93.7 cm³/mol. The molecule has 0 saturated heterocycles. The lowest BCUT2D eigenvalue weighted by Gasteiger charge is -2.22. The second-order valence-corrected chi connectivity index (χ2v) is 7.60. The molecule has 1 aliphatic heterocycles. The molecule has 0 aromatic heterocycles. The summed E-state index contributed by atoms with van der Waals surface area (Å²) in [5.74, 6) is -1.24. The highest BCUT2D eigenvalue weighted by molar-refractivity contribution is 7.90. The summed E-state index contributed by atoms with van der Waals surface area (Å²) in [5.41, 5.74) is 1.77. The standard InChI is InChI=1S/C18H18N2O4S/c1-3-13-8-10-14(11-9-13)19-17(21)12(2)20-18(22)15-6-4-5-7-16(15)25(20,23)24/h4-12H,3H2,1-2H3,(H,19,21). The first-order valence-corrected chi connectivity index (χ1v) is 9.38. The molecule has 0 saturated carbocycles. The van der Waals surface area contributed by atoms with Crippen molar-refractivity contribution in [2.75, 3.05) is 5.32 Å². The third-order valence-electron chi connectivity index (χ3n) is 4.22. The summed E-state index contributed by atoms with van der Waals surface area (Å²) in [6, 6.07) is 12.1. The highest BCUT2D eigenvalue weighted by Crippen LogP contribution is 2.31. The van der Waals surface area contributed by atoms with Gasteiger partial charge in [-0.25, -0.2) is 12.7 Å². The van der Waals surface area contributed by atoms with Crippen LogP contribution in [-0.4, -0.2) is 30.6 Å². The van der Waals surface area contributed by atoms with Crippen LogP contribution in [0.5, 0.6) is 0 Å². The number of aryl methyl sites for hydroxylation is 1. The molecule has 130 valence electrons. The molecule has 0 fully saturated rings.